The maximum atomic E-state index is 10.9. The van der Waals surface area contributed by atoms with Crippen LogP contribution in [-0.2, 0) is 4.79 Å². The largest absolute Gasteiger partial charge is 0.481 e. The molecule has 2 atom stereocenters. The first-order valence-electron chi connectivity index (χ1n) is 5.68. The van der Waals surface area contributed by atoms with E-state index in [-0.39, 0.29) is 5.92 Å². The van der Waals surface area contributed by atoms with E-state index in [0.717, 1.165) is 4.47 Å². The van der Waals surface area contributed by atoms with Gasteiger partial charge in [-0.15, -0.1) is 0 Å². The third-order valence-electron chi connectivity index (χ3n) is 2.94. The van der Waals surface area contributed by atoms with E-state index in [1.165, 1.54) is 0 Å². The Kier molecular flexibility index (Phi) is 3.94. The highest BCUT2D eigenvalue weighted by Gasteiger charge is 2.26. The summed E-state index contributed by atoms with van der Waals surface area (Å²) in [6, 6.07) is 3.60. The number of carboxylic acid groups (broad SMARTS) is 1. The summed E-state index contributed by atoms with van der Waals surface area (Å²) in [7, 11) is 0. The Morgan fingerprint density at radius 3 is 2.84 bits per heavy atom. The SMILES string of the molecule is CC(C(=O)O)C(C)c1nc(-c2ncccc2Br)no1. The lowest BCUT2D eigenvalue weighted by molar-refractivity contribution is -0.141. The Hall–Kier alpha value is -1.76. The molecule has 2 aromatic heterocycles. The number of hydrogen-bond donors (Lipinski definition) is 1. The molecule has 7 heteroatoms. The molecular weight excluding hydrogens is 314 g/mol. The van der Waals surface area contributed by atoms with Gasteiger partial charge in [-0.25, -0.2) is 0 Å². The quantitative estimate of drug-likeness (QED) is 0.929. The molecule has 19 heavy (non-hydrogen) atoms. The van der Waals surface area contributed by atoms with Crippen LogP contribution in [0.5, 0.6) is 0 Å². The van der Waals surface area contributed by atoms with Gasteiger partial charge in [-0.2, -0.15) is 4.98 Å². The van der Waals surface area contributed by atoms with Crippen LogP contribution in [0.2, 0.25) is 0 Å². The van der Waals surface area contributed by atoms with Crippen molar-refractivity contribution in [2.45, 2.75) is 19.8 Å². The van der Waals surface area contributed by atoms with Crippen molar-refractivity contribution in [1.82, 2.24) is 15.1 Å². The smallest absolute Gasteiger partial charge is 0.307 e. The summed E-state index contributed by atoms with van der Waals surface area (Å²) < 4.78 is 5.87. The Balaban J connectivity index is 2.29. The van der Waals surface area contributed by atoms with Gasteiger partial charge in [0.25, 0.3) is 0 Å². The number of pyridine rings is 1. The van der Waals surface area contributed by atoms with Gasteiger partial charge in [0.05, 0.1) is 5.92 Å². The minimum absolute atomic E-state index is 0.294. The van der Waals surface area contributed by atoms with E-state index in [1.54, 1.807) is 26.1 Å². The number of carbonyl (C=O) groups is 1. The van der Waals surface area contributed by atoms with Crippen molar-refractivity contribution in [3.05, 3.63) is 28.7 Å². The summed E-state index contributed by atoms with van der Waals surface area (Å²) >= 11 is 3.35. The molecule has 2 heterocycles. The van der Waals surface area contributed by atoms with Crippen LogP contribution < -0.4 is 0 Å². The van der Waals surface area contributed by atoms with Crippen LogP contribution >= 0.6 is 15.9 Å². The topological polar surface area (TPSA) is 89.1 Å². The van der Waals surface area contributed by atoms with Gasteiger partial charge in [0, 0.05) is 16.6 Å². The number of aromatic nitrogens is 3. The maximum Gasteiger partial charge on any atom is 0.307 e. The fourth-order valence-electron chi connectivity index (χ4n) is 1.49. The summed E-state index contributed by atoms with van der Waals surface area (Å²) in [6.07, 6.45) is 1.62. The van der Waals surface area contributed by atoms with Gasteiger partial charge in [0.15, 0.2) is 0 Å². The first kappa shape index (κ1) is 13.7. The summed E-state index contributed by atoms with van der Waals surface area (Å²) in [5.41, 5.74) is 0.563. The van der Waals surface area contributed by atoms with Gasteiger partial charge in [0.1, 0.15) is 5.69 Å². The van der Waals surface area contributed by atoms with E-state index < -0.39 is 11.9 Å². The molecule has 0 aliphatic rings. The lowest BCUT2D eigenvalue weighted by Gasteiger charge is -2.10. The zero-order valence-corrected chi connectivity index (χ0v) is 12.0. The van der Waals surface area contributed by atoms with Crippen LogP contribution in [0.15, 0.2) is 27.3 Å². The van der Waals surface area contributed by atoms with Crippen molar-refractivity contribution in [2.75, 3.05) is 0 Å². The Labute approximate surface area is 118 Å². The molecule has 0 amide bonds. The van der Waals surface area contributed by atoms with Gasteiger partial charge >= 0.3 is 5.97 Å². The van der Waals surface area contributed by atoms with E-state index in [1.807, 2.05) is 6.07 Å². The summed E-state index contributed by atoms with van der Waals surface area (Å²) in [5, 5.41) is 12.8. The van der Waals surface area contributed by atoms with Crippen molar-refractivity contribution in [3.63, 3.8) is 0 Å². The van der Waals surface area contributed by atoms with Gasteiger partial charge in [-0.05, 0) is 28.1 Å². The molecular formula is C12H12BrN3O3. The molecule has 0 saturated heterocycles. The van der Waals surface area contributed by atoms with Crippen LogP contribution in [0.1, 0.15) is 25.7 Å². The number of aliphatic carboxylic acids is 1. The number of nitrogens with zero attached hydrogens (tertiary/aromatic N) is 3. The number of rotatable bonds is 4. The standard InChI is InChI=1S/C12H12BrN3O3/c1-6(7(2)12(17)18)11-15-10(16-19-11)9-8(13)4-3-5-14-9/h3-7H,1-2H3,(H,17,18). The number of hydrogen-bond acceptors (Lipinski definition) is 5. The molecule has 0 radical (unpaired) electrons. The molecule has 100 valence electrons. The van der Waals surface area contributed by atoms with Gasteiger partial charge in [-0.3, -0.25) is 9.78 Å². The van der Waals surface area contributed by atoms with Gasteiger partial charge in [0.2, 0.25) is 11.7 Å². The van der Waals surface area contributed by atoms with Crippen molar-refractivity contribution < 1.29 is 14.4 Å². The normalized spacial score (nSPS) is 14.1. The fourth-order valence-corrected chi connectivity index (χ4v) is 1.93. The van der Waals surface area contributed by atoms with Crippen LogP contribution in [0.25, 0.3) is 11.5 Å². The maximum absolute atomic E-state index is 10.9. The van der Waals surface area contributed by atoms with E-state index in [2.05, 4.69) is 31.1 Å². The second kappa shape index (κ2) is 5.48. The molecule has 0 aliphatic carbocycles. The van der Waals surface area contributed by atoms with Crippen molar-refractivity contribution >= 4 is 21.9 Å². The Morgan fingerprint density at radius 2 is 2.21 bits per heavy atom. The summed E-state index contributed by atoms with van der Waals surface area (Å²) in [4.78, 5) is 19.3. The van der Waals surface area contributed by atoms with Crippen LogP contribution in [0.4, 0.5) is 0 Å². The van der Waals surface area contributed by atoms with Crippen LogP contribution in [0.3, 0.4) is 0 Å². The summed E-state index contributed by atoms with van der Waals surface area (Å²) in [6.45, 7) is 3.34. The van der Waals surface area contributed by atoms with Crippen molar-refractivity contribution in [1.29, 1.82) is 0 Å². The second-order valence-electron chi connectivity index (χ2n) is 4.21. The van der Waals surface area contributed by atoms with Crippen LogP contribution in [-0.4, -0.2) is 26.2 Å². The summed E-state index contributed by atoms with van der Waals surface area (Å²) in [5.74, 6) is -1.22. The molecule has 1 N–H and O–H groups in total. The number of carboxylic acids is 1. The van der Waals surface area contributed by atoms with Crippen LogP contribution in [0, 0.1) is 5.92 Å². The highest BCUT2D eigenvalue weighted by Crippen LogP contribution is 2.27. The molecule has 0 aromatic carbocycles. The highest BCUT2D eigenvalue weighted by molar-refractivity contribution is 9.10. The molecule has 0 fully saturated rings. The predicted octanol–water partition coefficient (Wildman–Crippen LogP) is 2.72. The predicted molar refractivity (Wildman–Crippen MR) is 70.4 cm³/mol. The van der Waals surface area contributed by atoms with Crippen molar-refractivity contribution in [3.8, 4) is 11.5 Å². The average molecular weight is 326 g/mol. The van der Waals surface area contributed by atoms with E-state index in [9.17, 15) is 4.79 Å². The lowest BCUT2D eigenvalue weighted by atomic mass is 9.96. The third kappa shape index (κ3) is 2.81. The molecule has 2 rings (SSSR count). The first-order chi connectivity index (χ1) is 9.00. The molecule has 2 unspecified atom stereocenters. The molecule has 0 spiro atoms. The molecule has 6 nitrogen and oxygen atoms in total. The molecule has 0 saturated carbocycles. The second-order valence-corrected chi connectivity index (χ2v) is 5.06. The van der Waals surface area contributed by atoms with Gasteiger partial charge < -0.3 is 9.63 Å². The Bertz CT molecular complexity index is 599. The van der Waals surface area contributed by atoms with Crippen molar-refractivity contribution in [2.24, 2.45) is 5.92 Å². The molecule has 2 aromatic rings. The highest BCUT2D eigenvalue weighted by atomic mass is 79.9. The van der Waals surface area contributed by atoms with E-state index in [0.29, 0.717) is 17.4 Å². The Morgan fingerprint density at radius 1 is 1.47 bits per heavy atom. The first-order valence-corrected chi connectivity index (χ1v) is 6.47. The monoisotopic (exact) mass is 325 g/mol. The molecule has 0 bridgehead atoms. The average Bonchev–Trinajstić information content (AvgIpc) is 2.86. The fraction of sp³-hybridized carbons (Fsp3) is 0.333. The zero-order chi connectivity index (χ0) is 14.0. The third-order valence-corrected chi connectivity index (χ3v) is 3.58. The van der Waals surface area contributed by atoms with E-state index >= 15 is 0 Å². The zero-order valence-electron chi connectivity index (χ0n) is 10.4. The number of halogens is 1. The molecule has 0 aliphatic heterocycles. The van der Waals surface area contributed by atoms with E-state index in [4.69, 9.17) is 9.63 Å². The van der Waals surface area contributed by atoms with Gasteiger partial charge in [-0.1, -0.05) is 19.0 Å². The minimum Gasteiger partial charge on any atom is -0.481 e. The lowest BCUT2D eigenvalue weighted by Crippen LogP contribution is -2.16. The minimum atomic E-state index is -0.897.